The summed E-state index contributed by atoms with van der Waals surface area (Å²) in [6, 6.07) is 14.7. The molecule has 1 fully saturated rings. The minimum atomic E-state index is -1.21. The highest BCUT2D eigenvalue weighted by Gasteiger charge is 2.41. The van der Waals surface area contributed by atoms with Crippen molar-refractivity contribution in [3.05, 3.63) is 54.6 Å². The third kappa shape index (κ3) is 3.25. The number of nitrogens with zero attached hydrogens (tertiary/aromatic N) is 2. The molecule has 25 heavy (non-hydrogen) atoms. The number of carbonyl (C=O) groups is 3. The van der Waals surface area contributed by atoms with Crippen molar-refractivity contribution in [1.29, 1.82) is 0 Å². The lowest BCUT2D eigenvalue weighted by Gasteiger charge is -2.29. The third-order valence-electron chi connectivity index (χ3n) is 3.66. The molecular formula is C18H15N3O4. The summed E-state index contributed by atoms with van der Waals surface area (Å²) in [5.41, 5.74) is 0.863. The highest BCUT2D eigenvalue weighted by atomic mass is 16.5. The first-order valence-electron chi connectivity index (χ1n) is 7.53. The summed E-state index contributed by atoms with van der Waals surface area (Å²) in [6.45, 7) is 0. The Balaban J connectivity index is 1.93. The minimum Gasteiger partial charge on any atom is -0.495 e. The number of anilines is 1. The van der Waals surface area contributed by atoms with Gasteiger partial charge in [-0.3, -0.25) is 19.9 Å². The van der Waals surface area contributed by atoms with Gasteiger partial charge in [-0.05, 0) is 24.3 Å². The van der Waals surface area contributed by atoms with Crippen molar-refractivity contribution in [1.82, 2.24) is 5.32 Å². The fourth-order valence-electron chi connectivity index (χ4n) is 2.44. The van der Waals surface area contributed by atoms with Gasteiger partial charge in [-0.2, -0.15) is 0 Å². The molecule has 0 aromatic heterocycles. The Bertz CT molecular complexity index is 848. The van der Waals surface area contributed by atoms with Crippen LogP contribution in [0.25, 0.3) is 0 Å². The predicted octanol–water partition coefficient (Wildman–Crippen LogP) is 2.30. The molecule has 126 valence electrons. The summed E-state index contributed by atoms with van der Waals surface area (Å²) >= 11 is 0. The van der Waals surface area contributed by atoms with E-state index in [2.05, 4.69) is 10.3 Å². The first-order valence-corrected chi connectivity index (χ1v) is 7.53. The molecule has 7 heteroatoms. The van der Waals surface area contributed by atoms with Crippen molar-refractivity contribution in [3.8, 4) is 5.75 Å². The zero-order valence-corrected chi connectivity index (χ0v) is 13.4. The molecule has 0 radical (unpaired) electrons. The van der Waals surface area contributed by atoms with Crippen LogP contribution in [0.3, 0.4) is 0 Å². The molecule has 2 aromatic carbocycles. The summed E-state index contributed by atoms with van der Waals surface area (Å²) in [6.07, 6.45) is 1.24. The van der Waals surface area contributed by atoms with Crippen LogP contribution in [0.4, 0.5) is 16.2 Å². The summed E-state index contributed by atoms with van der Waals surface area (Å²) in [4.78, 5) is 42.0. The number of nitrogens with one attached hydrogen (secondary N) is 1. The Morgan fingerprint density at radius 2 is 1.72 bits per heavy atom. The van der Waals surface area contributed by atoms with Gasteiger partial charge in [-0.15, -0.1) is 0 Å². The quantitative estimate of drug-likeness (QED) is 0.685. The molecule has 0 aliphatic carbocycles. The Morgan fingerprint density at radius 3 is 2.44 bits per heavy atom. The van der Waals surface area contributed by atoms with Crippen LogP contribution < -0.4 is 15.0 Å². The number of para-hydroxylation sites is 3. The lowest BCUT2D eigenvalue weighted by Crippen LogP contribution is -2.58. The standard InChI is InChI=1S/C18H15N3O4/c1-25-15-10-6-5-9-14(15)21-17(23)13(16(22)20-18(21)24)11-19-12-7-3-2-4-8-12/h2-11,13H,1H3,(H,20,22,24)/t13-/m0/s1. The maximum Gasteiger partial charge on any atom is 0.335 e. The van der Waals surface area contributed by atoms with Gasteiger partial charge in [0, 0.05) is 6.21 Å². The van der Waals surface area contributed by atoms with Crippen molar-refractivity contribution >= 4 is 35.4 Å². The van der Waals surface area contributed by atoms with Gasteiger partial charge >= 0.3 is 6.03 Å². The van der Waals surface area contributed by atoms with Crippen LogP contribution in [0, 0.1) is 5.92 Å². The normalized spacial score (nSPS) is 17.7. The number of methoxy groups -OCH3 is 1. The maximum absolute atomic E-state index is 12.7. The molecule has 1 N–H and O–H groups in total. The number of urea groups is 1. The molecule has 1 aliphatic heterocycles. The Hall–Kier alpha value is -3.48. The molecule has 1 aliphatic rings. The number of aliphatic imine (C=N–C) groups is 1. The van der Waals surface area contributed by atoms with Crippen molar-refractivity contribution in [2.75, 3.05) is 12.0 Å². The number of barbiturate groups is 1. The molecule has 4 amide bonds. The first kappa shape index (κ1) is 16.4. The smallest absolute Gasteiger partial charge is 0.335 e. The first-order chi connectivity index (χ1) is 12.1. The SMILES string of the molecule is COc1ccccc1N1C(=O)NC(=O)[C@H](C=Nc2ccccc2)C1=O. The van der Waals surface area contributed by atoms with E-state index in [0.717, 1.165) is 4.90 Å². The molecule has 1 heterocycles. The third-order valence-corrected chi connectivity index (χ3v) is 3.66. The van der Waals surface area contributed by atoms with Gasteiger partial charge < -0.3 is 4.74 Å². The Morgan fingerprint density at radius 1 is 1.04 bits per heavy atom. The van der Waals surface area contributed by atoms with Gasteiger partial charge in [0.15, 0.2) is 5.92 Å². The van der Waals surface area contributed by atoms with E-state index in [9.17, 15) is 14.4 Å². The fraction of sp³-hybridized carbons (Fsp3) is 0.111. The zero-order chi connectivity index (χ0) is 17.8. The fourth-order valence-corrected chi connectivity index (χ4v) is 2.44. The monoisotopic (exact) mass is 337 g/mol. The molecule has 7 nitrogen and oxygen atoms in total. The molecule has 0 bridgehead atoms. The van der Waals surface area contributed by atoms with Crippen molar-refractivity contribution in [3.63, 3.8) is 0 Å². The number of amides is 4. The van der Waals surface area contributed by atoms with Crippen molar-refractivity contribution in [2.45, 2.75) is 0 Å². The van der Waals surface area contributed by atoms with E-state index in [1.54, 1.807) is 48.5 Å². The predicted molar refractivity (Wildman–Crippen MR) is 92.1 cm³/mol. The molecule has 1 atom stereocenters. The van der Waals surface area contributed by atoms with Crippen LogP contribution in [0.5, 0.6) is 5.75 Å². The van der Waals surface area contributed by atoms with Gasteiger partial charge in [0.1, 0.15) is 5.75 Å². The van der Waals surface area contributed by atoms with E-state index < -0.39 is 23.8 Å². The number of benzene rings is 2. The number of imide groups is 2. The van der Waals surface area contributed by atoms with E-state index in [1.165, 1.54) is 13.3 Å². The second-order valence-electron chi connectivity index (χ2n) is 5.23. The number of rotatable bonds is 4. The van der Waals surface area contributed by atoms with Crippen LogP contribution >= 0.6 is 0 Å². The molecule has 0 spiro atoms. The van der Waals surface area contributed by atoms with Gasteiger partial charge in [0.05, 0.1) is 18.5 Å². The second-order valence-corrected chi connectivity index (χ2v) is 5.23. The van der Waals surface area contributed by atoms with E-state index >= 15 is 0 Å². The average molecular weight is 337 g/mol. The molecular weight excluding hydrogens is 322 g/mol. The van der Waals surface area contributed by atoms with Crippen molar-refractivity contribution in [2.24, 2.45) is 10.9 Å². The number of carbonyl (C=O) groups excluding carboxylic acids is 3. The molecule has 1 saturated heterocycles. The molecule has 0 unspecified atom stereocenters. The maximum atomic E-state index is 12.7. The van der Waals surface area contributed by atoms with Gasteiger partial charge in [-0.1, -0.05) is 30.3 Å². The minimum absolute atomic E-state index is 0.262. The van der Waals surface area contributed by atoms with Crippen LogP contribution in [0.15, 0.2) is 59.6 Å². The lowest BCUT2D eigenvalue weighted by molar-refractivity contribution is -0.131. The van der Waals surface area contributed by atoms with E-state index in [0.29, 0.717) is 11.4 Å². The van der Waals surface area contributed by atoms with Crippen LogP contribution in [0.2, 0.25) is 0 Å². The van der Waals surface area contributed by atoms with Gasteiger partial charge in [0.2, 0.25) is 5.91 Å². The molecule has 3 rings (SSSR count). The lowest BCUT2D eigenvalue weighted by atomic mass is 10.1. The number of ether oxygens (including phenoxy) is 1. The van der Waals surface area contributed by atoms with Crippen molar-refractivity contribution < 1.29 is 19.1 Å². The Kier molecular flexibility index (Phi) is 4.56. The van der Waals surface area contributed by atoms with Crippen LogP contribution in [-0.2, 0) is 9.59 Å². The van der Waals surface area contributed by atoms with Gasteiger partial charge in [0.25, 0.3) is 5.91 Å². The number of hydrogen-bond donors (Lipinski definition) is 1. The van der Waals surface area contributed by atoms with Crippen LogP contribution in [-0.4, -0.2) is 31.2 Å². The summed E-state index contributed by atoms with van der Waals surface area (Å²) in [5, 5.41) is 2.18. The Labute approximate surface area is 143 Å². The largest absolute Gasteiger partial charge is 0.495 e. The molecule has 2 aromatic rings. The number of hydrogen-bond acceptors (Lipinski definition) is 5. The average Bonchev–Trinajstić information content (AvgIpc) is 2.62. The highest BCUT2D eigenvalue weighted by molar-refractivity contribution is 6.33. The van der Waals surface area contributed by atoms with E-state index in [4.69, 9.17) is 4.74 Å². The summed E-state index contributed by atoms with van der Waals surface area (Å²) in [7, 11) is 1.44. The van der Waals surface area contributed by atoms with Crippen LogP contribution in [0.1, 0.15) is 0 Å². The summed E-state index contributed by atoms with van der Waals surface area (Å²) < 4.78 is 5.19. The summed E-state index contributed by atoms with van der Waals surface area (Å²) in [5.74, 6) is -2.25. The van der Waals surface area contributed by atoms with E-state index in [-0.39, 0.29) is 5.69 Å². The zero-order valence-electron chi connectivity index (χ0n) is 13.4. The highest BCUT2D eigenvalue weighted by Crippen LogP contribution is 2.30. The molecule has 0 saturated carbocycles. The second kappa shape index (κ2) is 6.96. The van der Waals surface area contributed by atoms with Gasteiger partial charge in [-0.25, -0.2) is 9.69 Å². The van der Waals surface area contributed by atoms with E-state index in [1.807, 2.05) is 6.07 Å². The topological polar surface area (TPSA) is 88.1 Å².